The van der Waals surface area contributed by atoms with E-state index in [1.54, 1.807) is 0 Å². The van der Waals surface area contributed by atoms with E-state index in [1.807, 2.05) is 6.92 Å². The minimum atomic E-state index is -4.35. The summed E-state index contributed by atoms with van der Waals surface area (Å²) in [7, 11) is 0. The Hall–Kier alpha value is -1.70. The van der Waals surface area contributed by atoms with Gasteiger partial charge in [0, 0.05) is 0 Å². The van der Waals surface area contributed by atoms with E-state index in [0.29, 0.717) is 11.0 Å². The van der Waals surface area contributed by atoms with Gasteiger partial charge in [-0.05, 0) is 30.0 Å². The van der Waals surface area contributed by atoms with E-state index in [9.17, 15) is 13.2 Å². The van der Waals surface area contributed by atoms with Gasteiger partial charge in [0.2, 0.25) is 0 Å². The maximum Gasteiger partial charge on any atom is 0.416 e. The molecule has 0 N–H and O–H groups in total. The number of rotatable bonds is 5. The smallest absolute Gasteiger partial charge is 0.416 e. The number of ether oxygens (including phenoxy) is 1. The Labute approximate surface area is 117 Å². The van der Waals surface area contributed by atoms with Crippen molar-refractivity contribution in [2.45, 2.75) is 24.9 Å². The average molecular weight is 304 g/mol. The fourth-order valence-electron chi connectivity index (χ4n) is 1.36. The third kappa shape index (κ3) is 3.89. The summed E-state index contributed by atoms with van der Waals surface area (Å²) in [6, 6.07) is 4.42. The number of hydrogen-bond acceptors (Lipinski definition) is 5. The molecule has 0 saturated heterocycles. The Balaban J connectivity index is 1.93. The molecule has 1 heterocycles. The van der Waals surface area contributed by atoms with E-state index >= 15 is 0 Å². The van der Waals surface area contributed by atoms with Crippen molar-refractivity contribution in [1.29, 1.82) is 0 Å². The molecule has 0 aliphatic rings. The molecule has 0 amide bonds. The molecule has 1 aromatic heterocycles. The van der Waals surface area contributed by atoms with Crippen LogP contribution in [-0.2, 0) is 12.8 Å². The average Bonchev–Trinajstić information content (AvgIpc) is 2.84. The van der Waals surface area contributed by atoms with Crippen LogP contribution in [-0.4, -0.2) is 16.0 Å². The van der Waals surface area contributed by atoms with E-state index in [-0.39, 0.29) is 12.5 Å². The van der Waals surface area contributed by atoms with Crippen LogP contribution in [0.15, 0.2) is 33.9 Å². The van der Waals surface area contributed by atoms with Gasteiger partial charge >= 0.3 is 6.18 Å². The summed E-state index contributed by atoms with van der Waals surface area (Å²) < 4.78 is 47.6. The van der Waals surface area contributed by atoms with Crippen LogP contribution in [0.25, 0.3) is 0 Å². The molecule has 2 aromatic rings. The Morgan fingerprint density at radius 2 is 1.90 bits per heavy atom. The summed E-state index contributed by atoms with van der Waals surface area (Å²) in [5.74, 6) is 1.39. The summed E-state index contributed by atoms with van der Waals surface area (Å²) in [6.45, 7) is 1.97. The Kier molecular flexibility index (Phi) is 4.53. The fraction of sp³-hybridized carbons (Fsp3) is 0.333. The lowest BCUT2D eigenvalue weighted by Crippen LogP contribution is -2.04. The third-order valence-corrected chi connectivity index (χ3v) is 2.96. The van der Waals surface area contributed by atoms with Crippen LogP contribution in [0.1, 0.15) is 18.4 Å². The van der Waals surface area contributed by atoms with Crippen LogP contribution in [0.4, 0.5) is 13.2 Å². The second-order valence-electron chi connectivity index (χ2n) is 3.71. The Morgan fingerprint density at radius 1 is 1.20 bits per heavy atom. The van der Waals surface area contributed by atoms with Crippen LogP contribution >= 0.6 is 11.8 Å². The van der Waals surface area contributed by atoms with Crippen molar-refractivity contribution < 1.29 is 22.3 Å². The molecule has 4 nitrogen and oxygen atoms in total. The van der Waals surface area contributed by atoms with Crippen molar-refractivity contribution in [2.75, 3.05) is 5.75 Å². The van der Waals surface area contributed by atoms with Crippen molar-refractivity contribution >= 4 is 11.8 Å². The largest absolute Gasteiger partial charge is 0.484 e. The maximum absolute atomic E-state index is 12.4. The first-order valence-corrected chi connectivity index (χ1v) is 6.73. The van der Waals surface area contributed by atoms with Gasteiger partial charge in [0.25, 0.3) is 11.1 Å². The summed E-state index contributed by atoms with van der Waals surface area (Å²) in [4.78, 5) is 0. The van der Waals surface area contributed by atoms with Gasteiger partial charge in [-0.2, -0.15) is 13.2 Å². The lowest BCUT2D eigenvalue weighted by atomic mass is 10.2. The first-order chi connectivity index (χ1) is 9.49. The molecular weight excluding hydrogens is 293 g/mol. The van der Waals surface area contributed by atoms with Gasteiger partial charge in [-0.1, -0.05) is 18.7 Å². The van der Waals surface area contributed by atoms with Crippen LogP contribution in [0.5, 0.6) is 5.75 Å². The van der Waals surface area contributed by atoms with Gasteiger partial charge in [-0.3, -0.25) is 0 Å². The van der Waals surface area contributed by atoms with Gasteiger partial charge < -0.3 is 9.15 Å². The quantitative estimate of drug-likeness (QED) is 0.787. The number of aromatic nitrogens is 2. The predicted octanol–water partition coefficient (Wildman–Crippen LogP) is 3.78. The van der Waals surface area contributed by atoms with Crippen LogP contribution in [0, 0.1) is 0 Å². The first-order valence-electron chi connectivity index (χ1n) is 5.74. The van der Waals surface area contributed by atoms with Crippen molar-refractivity contribution in [2.24, 2.45) is 0 Å². The topological polar surface area (TPSA) is 48.2 Å². The zero-order valence-electron chi connectivity index (χ0n) is 10.5. The lowest BCUT2D eigenvalue weighted by Gasteiger charge is -2.07. The Bertz CT molecular complexity index is 555. The molecule has 1 aromatic carbocycles. The SMILES string of the molecule is CCSc1nnc(COc2ccc(C(F)(F)F)cc2)o1. The van der Waals surface area contributed by atoms with Gasteiger partial charge in [0.1, 0.15) is 5.75 Å². The second kappa shape index (κ2) is 6.17. The van der Waals surface area contributed by atoms with Crippen molar-refractivity contribution in [1.82, 2.24) is 10.2 Å². The van der Waals surface area contributed by atoms with E-state index in [0.717, 1.165) is 17.9 Å². The highest BCUT2D eigenvalue weighted by molar-refractivity contribution is 7.99. The molecule has 0 spiro atoms. The van der Waals surface area contributed by atoms with E-state index in [4.69, 9.17) is 9.15 Å². The van der Waals surface area contributed by atoms with Gasteiger partial charge in [-0.25, -0.2) is 0 Å². The monoisotopic (exact) mass is 304 g/mol. The van der Waals surface area contributed by atoms with E-state index in [1.165, 1.54) is 23.9 Å². The van der Waals surface area contributed by atoms with E-state index < -0.39 is 11.7 Å². The lowest BCUT2D eigenvalue weighted by molar-refractivity contribution is -0.137. The molecule has 0 aliphatic heterocycles. The number of hydrogen-bond donors (Lipinski definition) is 0. The van der Waals surface area contributed by atoms with Crippen LogP contribution < -0.4 is 4.74 Å². The molecule has 2 rings (SSSR count). The first kappa shape index (κ1) is 14.7. The summed E-state index contributed by atoms with van der Waals surface area (Å²) in [5, 5.41) is 7.99. The highest BCUT2D eigenvalue weighted by Crippen LogP contribution is 2.30. The zero-order valence-corrected chi connectivity index (χ0v) is 11.3. The second-order valence-corrected chi connectivity index (χ2v) is 4.92. The molecule has 0 unspecified atom stereocenters. The fourth-order valence-corrected chi connectivity index (χ4v) is 1.86. The summed E-state index contributed by atoms with van der Waals surface area (Å²) in [6.07, 6.45) is -4.35. The number of nitrogens with zero attached hydrogens (tertiary/aromatic N) is 2. The molecule has 0 atom stereocenters. The van der Waals surface area contributed by atoms with Crippen molar-refractivity contribution in [3.05, 3.63) is 35.7 Å². The number of halogens is 3. The molecule has 20 heavy (non-hydrogen) atoms. The van der Waals surface area contributed by atoms with E-state index in [2.05, 4.69) is 10.2 Å². The third-order valence-electron chi connectivity index (χ3n) is 2.26. The van der Waals surface area contributed by atoms with Gasteiger partial charge in [0.15, 0.2) is 6.61 Å². The molecule has 108 valence electrons. The molecule has 0 bridgehead atoms. The minimum Gasteiger partial charge on any atom is -0.484 e. The normalized spacial score (nSPS) is 11.6. The number of thioether (sulfide) groups is 1. The molecule has 0 radical (unpaired) electrons. The van der Waals surface area contributed by atoms with Crippen molar-refractivity contribution in [3.8, 4) is 5.75 Å². The molecule has 0 fully saturated rings. The van der Waals surface area contributed by atoms with Crippen molar-refractivity contribution in [3.63, 3.8) is 0 Å². The van der Waals surface area contributed by atoms with Gasteiger partial charge in [-0.15, -0.1) is 10.2 Å². The number of benzene rings is 1. The van der Waals surface area contributed by atoms with Gasteiger partial charge in [0.05, 0.1) is 5.56 Å². The highest BCUT2D eigenvalue weighted by Gasteiger charge is 2.30. The molecule has 0 aliphatic carbocycles. The van der Waals surface area contributed by atoms with Crippen LogP contribution in [0.3, 0.4) is 0 Å². The summed E-state index contributed by atoms with van der Waals surface area (Å²) >= 11 is 1.40. The molecular formula is C12H11F3N2O2S. The number of alkyl halides is 3. The predicted molar refractivity (Wildman–Crippen MR) is 66.5 cm³/mol. The molecule has 0 saturated carbocycles. The Morgan fingerprint density at radius 3 is 2.50 bits per heavy atom. The maximum atomic E-state index is 12.4. The standard InChI is InChI=1S/C12H11F3N2O2S/c1-2-20-11-17-16-10(19-11)7-18-9-5-3-8(4-6-9)12(13,14)15/h3-6H,2,7H2,1H3. The van der Waals surface area contributed by atoms with Crippen LogP contribution in [0.2, 0.25) is 0 Å². The zero-order chi connectivity index (χ0) is 14.6. The highest BCUT2D eigenvalue weighted by atomic mass is 32.2. The summed E-state index contributed by atoms with van der Waals surface area (Å²) in [5.41, 5.74) is -0.718. The minimum absolute atomic E-state index is 0.0165. The molecule has 8 heteroatoms.